The molecule has 0 aliphatic heterocycles. The molecule has 0 aliphatic carbocycles. The largest absolute Gasteiger partial charge is 0.409 e. The highest BCUT2D eigenvalue weighted by Crippen LogP contribution is 2.26. The van der Waals surface area contributed by atoms with E-state index in [0.29, 0.717) is 5.69 Å². The summed E-state index contributed by atoms with van der Waals surface area (Å²) in [6.45, 7) is 0. The molecule has 0 spiro atoms. The van der Waals surface area contributed by atoms with E-state index < -0.39 is 0 Å². The number of oxime groups is 1. The van der Waals surface area contributed by atoms with E-state index in [1.165, 1.54) is 0 Å². The Labute approximate surface area is 102 Å². The molecule has 2 heterocycles. The second-order valence-electron chi connectivity index (χ2n) is 3.15. The van der Waals surface area contributed by atoms with Gasteiger partial charge < -0.3 is 10.9 Å². The van der Waals surface area contributed by atoms with Crippen molar-refractivity contribution in [1.82, 2.24) is 9.97 Å². The molecular formula is C11H10N4OS. The van der Waals surface area contributed by atoms with Gasteiger partial charge in [0.2, 0.25) is 0 Å². The second kappa shape index (κ2) is 5.31. The lowest BCUT2D eigenvalue weighted by atomic mass is 10.3. The van der Waals surface area contributed by atoms with Gasteiger partial charge in [0.25, 0.3) is 0 Å². The molecule has 0 radical (unpaired) electrons. The minimum Gasteiger partial charge on any atom is -0.409 e. The van der Waals surface area contributed by atoms with Gasteiger partial charge >= 0.3 is 0 Å². The Morgan fingerprint density at radius 3 is 2.59 bits per heavy atom. The Balaban J connectivity index is 2.23. The van der Waals surface area contributed by atoms with Crippen molar-refractivity contribution in [3.05, 3.63) is 48.5 Å². The molecule has 5 nitrogen and oxygen atoms in total. The normalized spacial score (nSPS) is 11.4. The van der Waals surface area contributed by atoms with Crippen LogP contribution in [0.15, 0.2) is 57.8 Å². The third-order valence-electron chi connectivity index (χ3n) is 1.99. The lowest BCUT2D eigenvalue weighted by Gasteiger charge is -2.03. The molecule has 2 aromatic rings. The fraction of sp³-hybridized carbons (Fsp3) is 0. The van der Waals surface area contributed by atoms with Crippen LogP contribution in [0.2, 0.25) is 0 Å². The molecule has 2 rings (SSSR count). The van der Waals surface area contributed by atoms with Crippen LogP contribution in [0.3, 0.4) is 0 Å². The Bertz CT molecular complexity index is 530. The highest BCUT2D eigenvalue weighted by Gasteiger charge is 2.03. The number of hydrogen-bond acceptors (Lipinski definition) is 5. The minimum absolute atomic E-state index is 0.00202. The van der Waals surface area contributed by atoms with Gasteiger partial charge in [-0.05, 0) is 24.3 Å². The number of rotatable bonds is 3. The van der Waals surface area contributed by atoms with Crippen LogP contribution in [0.4, 0.5) is 0 Å². The lowest BCUT2D eigenvalue weighted by molar-refractivity contribution is 0.318. The maximum absolute atomic E-state index is 8.58. The fourth-order valence-corrected chi connectivity index (χ4v) is 2.04. The van der Waals surface area contributed by atoms with Crippen molar-refractivity contribution in [1.29, 1.82) is 0 Å². The molecule has 0 aromatic carbocycles. The monoisotopic (exact) mass is 246 g/mol. The van der Waals surface area contributed by atoms with Gasteiger partial charge in [0.05, 0.1) is 0 Å². The van der Waals surface area contributed by atoms with E-state index in [-0.39, 0.29) is 5.84 Å². The Hall–Kier alpha value is -2.08. The summed E-state index contributed by atoms with van der Waals surface area (Å²) in [5.41, 5.74) is 5.93. The molecule has 3 N–H and O–H groups in total. The zero-order valence-electron chi connectivity index (χ0n) is 8.82. The summed E-state index contributed by atoms with van der Waals surface area (Å²) in [4.78, 5) is 9.99. The number of nitrogens with zero attached hydrogens (tertiary/aromatic N) is 3. The SMILES string of the molecule is NC(=NO)c1cc(Sc2ccncc2)ccn1. The van der Waals surface area contributed by atoms with Crippen molar-refractivity contribution in [3.8, 4) is 0 Å². The Morgan fingerprint density at radius 2 is 1.88 bits per heavy atom. The van der Waals surface area contributed by atoms with Crippen LogP contribution in [-0.2, 0) is 0 Å². The maximum Gasteiger partial charge on any atom is 0.188 e. The van der Waals surface area contributed by atoms with Crippen molar-refractivity contribution in [2.75, 3.05) is 0 Å². The topological polar surface area (TPSA) is 84.4 Å². The van der Waals surface area contributed by atoms with Gasteiger partial charge in [-0.15, -0.1) is 0 Å². The summed E-state index contributed by atoms with van der Waals surface area (Å²) in [7, 11) is 0. The molecule has 0 fully saturated rings. The number of aromatic nitrogens is 2. The highest BCUT2D eigenvalue weighted by atomic mass is 32.2. The van der Waals surface area contributed by atoms with Gasteiger partial charge in [-0.1, -0.05) is 16.9 Å². The molecule has 0 bridgehead atoms. The highest BCUT2D eigenvalue weighted by molar-refractivity contribution is 7.99. The summed E-state index contributed by atoms with van der Waals surface area (Å²) in [5.74, 6) is 0.00202. The molecule has 0 atom stereocenters. The van der Waals surface area contributed by atoms with E-state index in [1.807, 2.05) is 18.2 Å². The first kappa shape index (κ1) is 11.4. The van der Waals surface area contributed by atoms with Crippen LogP contribution in [0.25, 0.3) is 0 Å². The Kier molecular flexibility index (Phi) is 3.56. The number of hydrogen-bond donors (Lipinski definition) is 2. The summed E-state index contributed by atoms with van der Waals surface area (Å²) < 4.78 is 0. The summed E-state index contributed by atoms with van der Waals surface area (Å²) >= 11 is 1.56. The molecular weight excluding hydrogens is 236 g/mol. The quantitative estimate of drug-likeness (QED) is 0.373. The van der Waals surface area contributed by atoms with Gasteiger partial charge in [-0.3, -0.25) is 9.97 Å². The first-order valence-electron chi connectivity index (χ1n) is 4.81. The average molecular weight is 246 g/mol. The smallest absolute Gasteiger partial charge is 0.188 e. The molecule has 0 aliphatic rings. The van der Waals surface area contributed by atoms with Crippen LogP contribution < -0.4 is 5.73 Å². The van der Waals surface area contributed by atoms with Crippen LogP contribution in [0.5, 0.6) is 0 Å². The van der Waals surface area contributed by atoms with Crippen LogP contribution in [-0.4, -0.2) is 21.0 Å². The minimum atomic E-state index is 0.00202. The molecule has 0 saturated carbocycles. The van der Waals surface area contributed by atoms with E-state index in [1.54, 1.807) is 36.4 Å². The van der Waals surface area contributed by atoms with Crippen molar-refractivity contribution in [3.63, 3.8) is 0 Å². The van der Waals surface area contributed by atoms with E-state index in [0.717, 1.165) is 9.79 Å². The predicted octanol–water partition coefficient (Wildman–Crippen LogP) is 1.72. The molecule has 0 amide bonds. The zero-order chi connectivity index (χ0) is 12.1. The third-order valence-corrected chi connectivity index (χ3v) is 2.98. The first-order chi connectivity index (χ1) is 8.29. The zero-order valence-corrected chi connectivity index (χ0v) is 9.63. The van der Waals surface area contributed by atoms with Crippen molar-refractivity contribution in [2.24, 2.45) is 10.9 Å². The molecule has 0 unspecified atom stereocenters. The predicted molar refractivity (Wildman–Crippen MR) is 65.1 cm³/mol. The lowest BCUT2D eigenvalue weighted by Crippen LogP contribution is -2.14. The fourth-order valence-electron chi connectivity index (χ4n) is 1.21. The van der Waals surface area contributed by atoms with Gasteiger partial charge in [0.15, 0.2) is 5.84 Å². The Morgan fingerprint density at radius 1 is 1.18 bits per heavy atom. The van der Waals surface area contributed by atoms with E-state index in [4.69, 9.17) is 10.9 Å². The van der Waals surface area contributed by atoms with E-state index >= 15 is 0 Å². The number of nitrogens with two attached hydrogens (primary N) is 1. The second-order valence-corrected chi connectivity index (χ2v) is 4.29. The first-order valence-corrected chi connectivity index (χ1v) is 5.63. The number of amidine groups is 1. The summed E-state index contributed by atoms with van der Waals surface area (Å²) in [6, 6.07) is 7.45. The van der Waals surface area contributed by atoms with Crippen LogP contribution in [0.1, 0.15) is 5.69 Å². The third kappa shape index (κ3) is 2.94. The van der Waals surface area contributed by atoms with Crippen molar-refractivity contribution < 1.29 is 5.21 Å². The van der Waals surface area contributed by atoms with Crippen molar-refractivity contribution >= 4 is 17.6 Å². The maximum atomic E-state index is 8.58. The summed E-state index contributed by atoms with van der Waals surface area (Å²) in [6.07, 6.45) is 5.08. The van der Waals surface area contributed by atoms with Crippen molar-refractivity contribution in [2.45, 2.75) is 9.79 Å². The molecule has 0 saturated heterocycles. The molecule has 17 heavy (non-hydrogen) atoms. The van der Waals surface area contributed by atoms with Crippen LogP contribution in [0, 0.1) is 0 Å². The molecule has 6 heteroatoms. The van der Waals surface area contributed by atoms with Gasteiger partial charge in [0, 0.05) is 28.4 Å². The summed E-state index contributed by atoms with van der Waals surface area (Å²) in [5, 5.41) is 11.5. The standard InChI is InChI=1S/C11H10N4OS/c12-11(15-16)10-7-9(3-6-14-10)17-8-1-4-13-5-2-8/h1-7,16H,(H2,12,15). The number of pyridine rings is 2. The molecule has 86 valence electrons. The average Bonchev–Trinajstić information content (AvgIpc) is 2.39. The van der Waals surface area contributed by atoms with Gasteiger partial charge in [-0.2, -0.15) is 0 Å². The van der Waals surface area contributed by atoms with Gasteiger partial charge in [-0.25, -0.2) is 0 Å². The van der Waals surface area contributed by atoms with E-state index in [2.05, 4.69) is 15.1 Å². The van der Waals surface area contributed by atoms with Crippen LogP contribution >= 0.6 is 11.8 Å². The van der Waals surface area contributed by atoms with E-state index in [9.17, 15) is 0 Å². The molecule has 2 aromatic heterocycles. The van der Waals surface area contributed by atoms with Gasteiger partial charge in [0.1, 0.15) is 5.69 Å².